The van der Waals surface area contributed by atoms with Crippen LogP contribution in [0.5, 0.6) is 0 Å². The van der Waals surface area contributed by atoms with E-state index in [2.05, 4.69) is 17.1 Å². The molecule has 1 heterocycles. The van der Waals surface area contributed by atoms with Gasteiger partial charge in [0.2, 0.25) is 5.91 Å². The fraction of sp³-hybridized carbons (Fsp3) is 0.938. The molecule has 0 bridgehead atoms. The number of nitrogens with zero attached hydrogens (tertiary/aromatic N) is 1. The molecule has 1 aliphatic carbocycles. The van der Waals surface area contributed by atoms with Crippen LogP contribution < -0.4 is 5.32 Å². The number of amides is 1. The Bertz CT molecular complexity index is 323. The number of morpholine rings is 1. The number of ether oxygens (including phenoxy) is 1. The summed E-state index contributed by atoms with van der Waals surface area (Å²) in [6.07, 6.45) is 5.87. The Hall–Kier alpha value is -0.650. The molecule has 5 heteroatoms. The van der Waals surface area contributed by atoms with Gasteiger partial charge in [0.1, 0.15) is 0 Å². The Balaban J connectivity index is 1.64. The van der Waals surface area contributed by atoms with Gasteiger partial charge in [-0.25, -0.2) is 0 Å². The second kappa shape index (κ2) is 8.11. The molecule has 0 aromatic heterocycles. The highest BCUT2D eigenvalue weighted by Crippen LogP contribution is 2.36. The van der Waals surface area contributed by atoms with Crippen molar-refractivity contribution in [2.45, 2.75) is 51.5 Å². The summed E-state index contributed by atoms with van der Waals surface area (Å²) in [5.74, 6) is 0.120. The maximum absolute atomic E-state index is 12.0. The van der Waals surface area contributed by atoms with Gasteiger partial charge in [-0.05, 0) is 26.2 Å². The molecular weight excluding hydrogens is 268 g/mol. The van der Waals surface area contributed by atoms with Crippen molar-refractivity contribution < 1.29 is 14.6 Å². The number of aliphatic hydroxyl groups is 1. The van der Waals surface area contributed by atoms with Gasteiger partial charge in [-0.3, -0.25) is 9.69 Å². The summed E-state index contributed by atoms with van der Waals surface area (Å²) >= 11 is 0. The third kappa shape index (κ3) is 4.94. The van der Waals surface area contributed by atoms with E-state index in [1.807, 2.05) is 0 Å². The van der Waals surface area contributed by atoms with Crippen molar-refractivity contribution in [2.75, 3.05) is 39.5 Å². The molecule has 1 saturated heterocycles. The van der Waals surface area contributed by atoms with Gasteiger partial charge in [-0.1, -0.05) is 12.8 Å². The van der Waals surface area contributed by atoms with Gasteiger partial charge in [0, 0.05) is 37.5 Å². The number of hydrogen-bond donors (Lipinski definition) is 2. The van der Waals surface area contributed by atoms with Crippen LogP contribution in [0.15, 0.2) is 0 Å². The minimum Gasteiger partial charge on any atom is -0.396 e. The number of aliphatic hydroxyl groups excluding tert-OH is 1. The van der Waals surface area contributed by atoms with Gasteiger partial charge in [-0.15, -0.1) is 0 Å². The van der Waals surface area contributed by atoms with Gasteiger partial charge in [0.05, 0.1) is 19.8 Å². The van der Waals surface area contributed by atoms with Crippen molar-refractivity contribution in [1.29, 1.82) is 0 Å². The average Bonchev–Trinajstić information content (AvgIpc) is 3.01. The second-order valence-electron chi connectivity index (χ2n) is 6.68. The van der Waals surface area contributed by atoms with E-state index in [0.29, 0.717) is 19.0 Å². The first-order chi connectivity index (χ1) is 10.2. The maximum atomic E-state index is 12.0. The summed E-state index contributed by atoms with van der Waals surface area (Å²) in [7, 11) is 0. The topological polar surface area (TPSA) is 61.8 Å². The quantitative estimate of drug-likeness (QED) is 0.740. The SMILES string of the molecule is CC(CCC(=O)NCC1(CO)CCCC1)N1CCOCC1. The third-order valence-electron chi connectivity index (χ3n) is 5.12. The van der Waals surface area contributed by atoms with E-state index in [1.54, 1.807) is 0 Å². The van der Waals surface area contributed by atoms with Crippen molar-refractivity contribution in [3.05, 3.63) is 0 Å². The molecule has 0 radical (unpaired) electrons. The molecule has 2 rings (SSSR count). The molecule has 2 N–H and O–H groups in total. The molecule has 21 heavy (non-hydrogen) atoms. The van der Waals surface area contributed by atoms with E-state index in [9.17, 15) is 9.90 Å². The molecule has 1 saturated carbocycles. The Kier molecular flexibility index (Phi) is 6.45. The van der Waals surface area contributed by atoms with Gasteiger partial charge in [0.15, 0.2) is 0 Å². The predicted octanol–water partition coefficient (Wildman–Crippen LogP) is 1.16. The lowest BCUT2D eigenvalue weighted by Crippen LogP contribution is -2.43. The van der Waals surface area contributed by atoms with Gasteiger partial charge < -0.3 is 15.2 Å². The molecule has 5 nitrogen and oxygen atoms in total. The van der Waals surface area contributed by atoms with Crippen LogP contribution in [-0.2, 0) is 9.53 Å². The Morgan fingerprint density at radius 3 is 2.62 bits per heavy atom. The van der Waals surface area contributed by atoms with E-state index in [-0.39, 0.29) is 17.9 Å². The van der Waals surface area contributed by atoms with Crippen molar-refractivity contribution in [2.24, 2.45) is 5.41 Å². The summed E-state index contributed by atoms with van der Waals surface area (Å²) in [5, 5.41) is 12.6. The smallest absolute Gasteiger partial charge is 0.220 e. The highest BCUT2D eigenvalue weighted by atomic mass is 16.5. The van der Waals surface area contributed by atoms with Crippen LogP contribution in [0.4, 0.5) is 0 Å². The molecule has 1 amide bonds. The number of hydrogen-bond acceptors (Lipinski definition) is 4. The highest BCUT2D eigenvalue weighted by molar-refractivity contribution is 5.75. The normalized spacial score (nSPS) is 23.9. The Morgan fingerprint density at radius 1 is 1.33 bits per heavy atom. The van der Waals surface area contributed by atoms with E-state index in [0.717, 1.165) is 45.6 Å². The van der Waals surface area contributed by atoms with E-state index < -0.39 is 0 Å². The lowest BCUT2D eigenvalue weighted by molar-refractivity contribution is -0.122. The summed E-state index contributed by atoms with van der Waals surface area (Å²) in [6, 6.07) is 0.429. The number of nitrogens with one attached hydrogen (secondary N) is 1. The van der Waals surface area contributed by atoms with Crippen molar-refractivity contribution in [3.63, 3.8) is 0 Å². The zero-order valence-corrected chi connectivity index (χ0v) is 13.3. The van der Waals surface area contributed by atoms with Crippen LogP contribution in [0.25, 0.3) is 0 Å². The molecule has 1 atom stereocenters. The predicted molar refractivity (Wildman–Crippen MR) is 82.1 cm³/mol. The fourth-order valence-electron chi connectivity index (χ4n) is 3.43. The molecular formula is C16H30N2O3. The van der Waals surface area contributed by atoms with Gasteiger partial charge >= 0.3 is 0 Å². The summed E-state index contributed by atoms with van der Waals surface area (Å²) in [6.45, 7) is 6.55. The van der Waals surface area contributed by atoms with Crippen molar-refractivity contribution in [1.82, 2.24) is 10.2 Å². The summed E-state index contributed by atoms with van der Waals surface area (Å²) in [4.78, 5) is 14.4. The van der Waals surface area contributed by atoms with E-state index in [1.165, 1.54) is 12.8 Å². The van der Waals surface area contributed by atoms with E-state index in [4.69, 9.17) is 4.74 Å². The summed E-state index contributed by atoms with van der Waals surface area (Å²) in [5.41, 5.74) is -0.0501. The number of carbonyl (C=O) groups excluding carboxylic acids is 1. The van der Waals surface area contributed by atoms with Crippen LogP contribution >= 0.6 is 0 Å². The minimum atomic E-state index is -0.0501. The van der Waals surface area contributed by atoms with Crippen LogP contribution in [0, 0.1) is 5.41 Å². The lowest BCUT2D eigenvalue weighted by atomic mass is 9.87. The van der Waals surface area contributed by atoms with Crippen molar-refractivity contribution >= 4 is 5.91 Å². The molecule has 1 unspecified atom stereocenters. The average molecular weight is 298 g/mol. The second-order valence-corrected chi connectivity index (χ2v) is 6.68. The molecule has 122 valence electrons. The first-order valence-corrected chi connectivity index (χ1v) is 8.35. The van der Waals surface area contributed by atoms with Crippen LogP contribution in [-0.4, -0.2) is 61.4 Å². The zero-order valence-electron chi connectivity index (χ0n) is 13.3. The van der Waals surface area contributed by atoms with Crippen LogP contribution in [0.2, 0.25) is 0 Å². The molecule has 1 aliphatic heterocycles. The summed E-state index contributed by atoms with van der Waals surface area (Å²) < 4.78 is 5.35. The first-order valence-electron chi connectivity index (χ1n) is 8.35. The first kappa shape index (κ1) is 16.7. The van der Waals surface area contributed by atoms with Gasteiger partial charge in [-0.2, -0.15) is 0 Å². The molecule has 0 aromatic carbocycles. The molecule has 0 aromatic rings. The monoisotopic (exact) mass is 298 g/mol. The maximum Gasteiger partial charge on any atom is 0.220 e. The Morgan fingerprint density at radius 2 is 2.00 bits per heavy atom. The molecule has 2 aliphatic rings. The Labute approximate surface area is 128 Å². The standard InChI is InChI=1S/C16H30N2O3/c1-14(18-8-10-21-11-9-18)4-5-15(20)17-12-16(13-19)6-2-3-7-16/h14,19H,2-13H2,1H3,(H,17,20). The molecule has 2 fully saturated rings. The minimum absolute atomic E-state index is 0.0501. The highest BCUT2D eigenvalue weighted by Gasteiger charge is 2.33. The van der Waals surface area contributed by atoms with Crippen LogP contribution in [0.3, 0.4) is 0 Å². The largest absolute Gasteiger partial charge is 0.396 e. The zero-order chi connectivity index (χ0) is 15.1. The lowest BCUT2D eigenvalue weighted by Gasteiger charge is -2.32. The fourth-order valence-corrected chi connectivity index (χ4v) is 3.43. The third-order valence-corrected chi connectivity index (χ3v) is 5.12. The number of rotatable bonds is 7. The van der Waals surface area contributed by atoms with Gasteiger partial charge in [0.25, 0.3) is 0 Å². The number of carbonyl (C=O) groups is 1. The van der Waals surface area contributed by atoms with Crippen molar-refractivity contribution in [3.8, 4) is 0 Å². The van der Waals surface area contributed by atoms with E-state index >= 15 is 0 Å². The molecule has 0 spiro atoms. The van der Waals surface area contributed by atoms with Crippen LogP contribution in [0.1, 0.15) is 45.4 Å².